The molecule has 0 N–H and O–H groups in total. The van der Waals surface area contributed by atoms with Crippen LogP contribution in [0.3, 0.4) is 0 Å². The van der Waals surface area contributed by atoms with Crippen molar-refractivity contribution in [2.24, 2.45) is 0 Å². The second-order valence-corrected chi connectivity index (χ2v) is 5.96. The van der Waals surface area contributed by atoms with Gasteiger partial charge in [0.1, 0.15) is 18.7 Å². The minimum Gasteiger partial charge on any atom is -0.331 e. The van der Waals surface area contributed by atoms with Crippen molar-refractivity contribution in [1.82, 2.24) is 34.7 Å². The van der Waals surface area contributed by atoms with Crippen molar-refractivity contribution >= 4 is 16.9 Å². The van der Waals surface area contributed by atoms with Gasteiger partial charge >= 0.3 is 0 Å². The molecular formula is C16H19N7O. The molecule has 8 nitrogen and oxygen atoms in total. The summed E-state index contributed by atoms with van der Waals surface area (Å²) in [5, 5.41) is 10.9. The fourth-order valence-corrected chi connectivity index (χ4v) is 3.50. The molecule has 1 atom stereocenters. The molecule has 0 unspecified atom stereocenters. The fraction of sp³-hybridized carbons (Fsp3) is 0.438. The Kier molecular flexibility index (Phi) is 3.72. The van der Waals surface area contributed by atoms with E-state index in [0.29, 0.717) is 0 Å². The average molecular weight is 325 g/mol. The lowest BCUT2D eigenvalue weighted by Crippen LogP contribution is -2.34. The van der Waals surface area contributed by atoms with E-state index in [1.807, 2.05) is 23.1 Å². The quantitative estimate of drug-likeness (QED) is 0.724. The third-order valence-electron chi connectivity index (χ3n) is 4.56. The number of carbonyl (C=O) groups is 1. The molecule has 1 fully saturated rings. The highest BCUT2D eigenvalue weighted by atomic mass is 16.2. The molecule has 1 aliphatic heterocycles. The maximum atomic E-state index is 12.7. The molecule has 0 saturated carbocycles. The van der Waals surface area contributed by atoms with E-state index >= 15 is 0 Å². The minimum absolute atomic E-state index is 0.0151. The summed E-state index contributed by atoms with van der Waals surface area (Å²) in [6, 6.07) is 8.13. The predicted octanol–water partition coefficient (Wildman–Crippen LogP) is 1.41. The molecule has 124 valence electrons. The largest absolute Gasteiger partial charge is 0.331 e. The van der Waals surface area contributed by atoms with Crippen LogP contribution < -0.4 is 0 Å². The van der Waals surface area contributed by atoms with Gasteiger partial charge in [0.05, 0.1) is 17.1 Å². The molecule has 8 heteroatoms. The first-order valence-corrected chi connectivity index (χ1v) is 8.23. The monoisotopic (exact) mass is 325 g/mol. The molecular weight excluding hydrogens is 306 g/mol. The van der Waals surface area contributed by atoms with E-state index in [1.54, 1.807) is 0 Å². The Balaban J connectivity index is 1.66. The highest BCUT2D eigenvalue weighted by Crippen LogP contribution is 2.33. The number of tetrazole rings is 1. The van der Waals surface area contributed by atoms with Gasteiger partial charge in [-0.3, -0.25) is 4.79 Å². The van der Waals surface area contributed by atoms with Crippen LogP contribution in [0, 0.1) is 0 Å². The van der Waals surface area contributed by atoms with Crippen molar-refractivity contribution in [1.29, 1.82) is 0 Å². The van der Waals surface area contributed by atoms with Gasteiger partial charge in [-0.2, -0.15) is 0 Å². The number of benzene rings is 1. The molecule has 3 aromatic rings. The number of hydrogen-bond donors (Lipinski definition) is 0. The fourth-order valence-electron chi connectivity index (χ4n) is 3.50. The van der Waals surface area contributed by atoms with E-state index in [9.17, 15) is 4.79 Å². The van der Waals surface area contributed by atoms with Gasteiger partial charge in [0.15, 0.2) is 0 Å². The summed E-state index contributed by atoms with van der Waals surface area (Å²) in [6.07, 6.45) is 3.38. The highest BCUT2D eigenvalue weighted by Gasteiger charge is 2.33. The number of imidazole rings is 1. The van der Waals surface area contributed by atoms with Crippen molar-refractivity contribution in [3.63, 3.8) is 0 Å². The lowest BCUT2D eigenvalue weighted by atomic mass is 10.2. The molecule has 0 spiro atoms. The predicted molar refractivity (Wildman–Crippen MR) is 86.9 cm³/mol. The Morgan fingerprint density at radius 3 is 3.00 bits per heavy atom. The van der Waals surface area contributed by atoms with Gasteiger partial charge in [-0.25, -0.2) is 9.67 Å². The highest BCUT2D eigenvalue weighted by molar-refractivity contribution is 5.78. The average Bonchev–Trinajstić information content (AvgIpc) is 3.33. The van der Waals surface area contributed by atoms with Crippen molar-refractivity contribution in [2.75, 3.05) is 6.54 Å². The topological polar surface area (TPSA) is 81.7 Å². The van der Waals surface area contributed by atoms with E-state index in [1.165, 1.54) is 11.0 Å². The summed E-state index contributed by atoms with van der Waals surface area (Å²) in [4.78, 5) is 19.4. The summed E-state index contributed by atoms with van der Waals surface area (Å²) in [5.41, 5.74) is 2.10. The summed E-state index contributed by atoms with van der Waals surface area (Å²) in [6.45, 7) is 3.86. The van der Waals surface area contributed by atoms with Crippen LogP contribution >= 0.6 is 0 Å². The SMILES string of the molecule is CCn1c([C@@H]2CCCN2C(=O)Cn2cnnn2)nc2ccccc21. The van der Waals surface area contributed by atoms with Gasteiger partial charge in [-0.1, -0.05) is 12.1 Å². The summed E-state index contributed by atoms with van der Waals surface area (Å²) < 4.78 is 3.67. The van der Waals surface area contributed by atoms with Crippen LogP contribution in [0.5, 0.6) is 0 Å². The number of amides is 1. The number of para-hydroxylation sites is 2. The normalized spacial score (nSPS) is 17.7. The van der Waals surface area contributed by atoms with Gasteiger partial charge in [0, 0.05) is 13.1 Å². The maximum absolute atomic E-state index is 12.7. The molecule has 1 saturated heterocycles. The lowest BCUT2D eigenvalue weighted by Gasteiger charge is -2.24. The zero-order chi connectivity index (χ0) is 16.5. The second kappa shape index (κ2) is 6.03. The minimum atomic E-state index is 0.0151. The number of likely N-dealkylation sites (tertiary alicyclic amines) is 1. The number of rotatable bonds is 4. The zero-order valence-electron chi connectivity index (χ0n) is 13.5. The molecule has 1 amide bonds. The maximum Gasteiger partial charge on any atom is 0.245 e. The molecule has 24 heavy (non-hydrogen) atoms. The molecule has 2 aromatic heterocycles. The van der Waals surface area contributed by atoms with Gasteiger partial charge < -0.3 is 9.47 Å². The van der Waals surface area contributed by atoms with Crippen LogP contribution in [0.4, 0.5) is 0 Å². The van der Waals surface area contributed by atoms with Crippen LogP contribution in [0.15, 0.2) is 30.6 Å². The second-order valence-electron chi connectivity index (χ2n) is 5.96. The molecule has 0 aliphatic carbocycles. The third kappa shape index (κ3) is 2.44. The molecule has 4 rings (SSSR count). The van der Waals surface area contributed by atoms with Crippen LogP contribution in [-0.2, 0) is 17.9 Å². The first kappa shape index (κ1) is 14.8. The van der Waals surface area contributed by atoms with Crippen molar-refractivity contribution in [3.05, 3.63) is 36.4 Å². The summed E-state index contributed by atoms with van der Waals surface area (Å²) in [7, 11) is 0. The number of aryl methyl sites for hydroxylation is 1. The van der Waals surface area contributed by atoms with Gasteiger partial charge in [-0.15, -0.1) is 5.10 Å². The number of hydrogen-bond acceptors (Lipinski definition) is 5. The van der Waals surface area contributed by atoms with Crippen molar-refractivity contribution in [3.8, 4) is 0 Å². The number of fused-ring (bicyclic) bond motifs is 1. The van der Waals surface area contributed by atoms with Crippen LogP contribution in [-0.4, -0.2) is 47.1 Å². The molecule has 0 bridgehead atoms. The van der Waals surface area contributed by atoms with Crippen molar-refractivity contribution < 1.29 is 4.79 Å². The van der Waals surface area contributed by atoms with Crippen LogP contribution in [0.2, 0.25) is 0 Å². The Morgan fingerprint density at radius 1 is 1.33 bits per heavy atom. The van der Waals surface area contributed by atoms with E-state index in [4.69, 9.17) is 4.98 Å². The molecule has 3 heterocycles. The Morgan fingerprint density at radius 2 is 2.21 bits per heavy atom. The van der Waals surface area contributed by atoms with E-state index in [2.05, 4.69) is 33.1 Å². The van der Waals surface area contributed by atoms with Gasteiger partial charge in [0.25, 0.3) is 0 Å². The molecule has 1 aliphatic rings. The zero-order valence-corrected chi connectivity index (χ0v) is 13.5. The standard InChI is InChI=1S/C16H19N7O/c1-2-22-13-7-4-3-6-12(13)18-16(22)14-8-5-9-23(14)15(24)10-21-11-17-19-20-21/h3-4,6-7,11,14H,2,5,8-10H2,1H3/t14-/m0/s1. The third-order valence-corrected chi connectivity index (χ3v) is 4.56. The lowest BCUT2D eigenvalue weighted by molar-refractivity contribution is -0.133. The van der Waals surface area contributed by atoms with Crippen LogP contribution in [0.1, 0.15) is 31.6 Å². The number of aromatic nitrogens is 6. The summed E-state index contributed by atoms with van der Waals surface area (Å²) in [5.74, 6) is 1.00. The van der Waals surface area contributed by atoms with Crippen molar-refractivity contribution in [2.45, 2.75) is 38.9 Å². The van der Waals surface area contributed by atoms with E-state index in [0.717, 1.165) is 42.8 Å². The van der Waals surface area contributed by atoms with E-state index in [-0.39, 0.29) is 18.5 Å². The first-order valence-electron chi connectivity index (χ1n) is 8.23. The Hall–Kier alpha value is -2.77. The smallest absolute Gasteiger partial charge is 0.245 e. The van der Waals surface area contributed by atoms with Gasteiger partial charge in [0.2, 0.25) is 5.91 Å². The number of carbonyl (C=O) groups excluding carboxylic acids is 1. The Bertz CT molecular complexity index is 855. The first-order chi connectivity index (χ1) is 11.8. The van der Waals surface area contributed by atoms with E-state index < -0.39 is 0 Å². The number of nitrogens with zero attached hydrogens (tertiary/aromatic N) is 7. The molecule has 0 radical (unpaired) electrons. The molecule has 1 aromatic carbocycles. The van der Waals surface area contributed by atoms with Gasteiger partial charge in [-0.05, 0) is 42.3 Å². The summed E-state index contributed by atoms with van der Waals surface area (Å²) >= 11 is 0. The van der Waals surface area contributed by atoms with Crippen LogP contribution in [0.25, 0.3) is 11.0 Å². The Labute approximate surface area is 139 Å².